The van der Waals surface area contributed by atoms with E-state index in [0.29, 0.717) is 38.2 Å². The Morgan fingerprint density at radius 3 is 2.57 bits per heavy atom. The molecule has 5 rings (SSSR count). The normalized spacial score (nSPS) is 16.5. The van der Waals surface area contributed by atoms with Crippen molar-refractivity contribution in [3.8, 4) is 17.0 Å². The highest BCUT2D eigenvalue weighted by atomic mass is 19.4. The number of ether oxygens (including phenoxy) is 1. The molecule has 2 aromatic carbocycles. The van der Waals surface area contributed by atoms with Gasteiger partial charge in [0.05, 0.1) is 30.2 Å². The molecule has 12 heteroatoms. The van der Waals surface area contributed by atoms with Crippen molar-refractivity contribution in [3.05, 3.63) is 64.9 Å². The van der Waals surface area contributed by atoms with E-state index in [4.69, 9.17) is 4.74 Å². The Morgan fingerprint density at radius 2 is 1.86 bits per heavy atom. The van der Waals surface area contributed by atoms with Gasteiger partial charge in [-0.2, -0.15) is 23.3 Å². The topological polar surface area (TPSA) is 76.3 Å². The van der Waals surface area contributed by atoms with Crippen LogP contribution in [0.4, 0.5) is 27.9 Å². The van der Waals surface area contributed by atoms with Crippen molar-refractivity contribution in [2.24, 2.45) is 7.05 Å². The summed E-state index contributed by atoms with van der Waals surface area (Å²) in [4.78, 5) is 11.0. The zero-order chi connectivity index (χ0) is 26.5. The standard InChI is InChI=1S/C25H22F5N5O2/c1-13-3-5-14(6-4-13)9-15-12-37-8-7-35(15)24-31-11-17-21(33-34(2)23(17)32-24)16-10-18(25(28,29)30)20(27)22(36)19(16)26/h3-6,10-11,15,36H,7-9,12H2,1-2H3/t15-/m1/s1. The minimum absolute atomic E-state index is 0.0672. The van der Waals surface area contributed by atoms with Crippen molar-refractivity contribution in [3.63, 3.8) is 0 Å². The third-order valence-electron chi connectivity index (χ3n) is 6.38. The van der Waals surface area contributed by atoms with Crippen LogP contribution in [0.1, 0.15) is 16.7 Å². The maximum atomic E-state index is 14.7. The van der Waals surface area contributed by atoms with E-state index in [9.17, 15) is 27.1 Å². The number of fused-ring (bicyclic) bond motifs is 1. The molecule has 2 aromatic heterocycles. The van der Waals surface area contributed by atoms with Crippen LogP contribution in [0.2, 0.25) is 0 Å². The molecule has 0 saturated carbocycles. The zero-order valence-corrected chi connectivity index (χ0v) is 19.9. The Morgan fingerprint density at radius 1 is 1.14 bits per heavy atom. The molecule has 1 atom stereocenters. The number of hydrogen-bond donors (Lipinski definition) is 1. The van der Waals surface area contributed by atoms with Crippen LogP contribution in [0.25, 0.3) is 22.3 Å². The fourth-order valence-electron chi connectivity index (χ4n) is 4.45. The molecular formula is C25H22F5N5O2. The SMILES string of the molecule is Cc1ccc(C[C@@H]2COCCN2c2ncc3c(-c4cc(C(F)(F)F)c(F)c(O)c4F)nn(C)c3n2)cc1. The van der Waals surface area contributed by atoms with Gasteiger partial charge in [-0.05, 0) is 25.0 Å². The molecule has 1 aliphatic rings. The Balaban J connectivity index is 1.55. The summed E-state index contributed by atoms with van der Waals surface area (Å²) in [6.07, 6.45) is -3.13. The monoisotopic (exact) mass is 519 g/mol. The number of anilines is 1. The van der Waals surface area contributed by atoms with E-state index < -0.39 is 34.7 Å². The molecule has 1 N–H and O–H groups in total. The minimum Gasteiger partial charge on any atom is -0.503 e. The third kappa shape index (κ3) is 4.57. The fraction of sp³-hybridized carbons (Fsp3) is 0.320. The predicted octanol–water partition coefficient (Wildman–Crippen LogP) is 4.79. The Bertz CT molecular complexity index is 1470. The molecule has 0 radical (unpaired) electrons. The molecular weight excluding hydrogens is 497 g/mol. The number of alkyl halides is 3. The van der Waals surface area contributed by atoms with E-state index in [0.717, 1.165) is 11.1 Å². The number of morpholine rings is 1. The second kappa shape index (κ2) is 9.25. The lowest BCUT2D eigenvalue weighted by Gasteiger charge is -2.35. The second-order valence-corrected chi connectivity index (χ2v) is 8.94. The van der Waals surface area contributed by atoms with Crippen molar-refractivity contribution in [1.82, 2.24) is 19.7 Å². The molecule has 37 heavy (non-hydrogen) atoms. The molecule has 0 amide bonds. The summed E-state index contributed by atoms with van der Waals surface area (Å²) in [5, 5.41) is 14.0. The number of aromatic hydroxyl groups is 1. The van der Waals surface area contributed by atoms with Crippen molar-refractivity contribution in [2.45, 2.75) is 25.6 Å². The van der Waals surface area contributed by atoms with Gasteiger partial charge in [0, 0.05) is 25.4 Å². The molecule has 0 spiro atoms. The lowest BCUT2D eigenvalue weighted by atomic mass is 10.0. The molecule has 0 bridgehead atoms. The van der Waals surface area contributed by atoms with Crippen LogP contribution < -0.4 is 4.90 Å². The number of phenolic OH excluding ortho intramolecular Hbond substituents is 1. The molecule has 1 aliphatic heterocycles. The number of phenols is 1. The highest BCUT2D eigenvalue weighted by Gasteiger charge is 2.38. The van der Waals surface area contributed by atoms with E-state index in [1.54, 1.807) is 0 Å². The number of rotatable bonds is 4. The first-order chi connectivity index (χ1) is 17.5. The van der Waals surface area contributed by atoms with Crippen LogP contribution in [-0.2, 0) is 24.4 Å². The summed E-state index contributed by atoms with van der Waals surface area (Å²) in [5.41, 5.74) is -0.267. The summed E-state index contributed by atoms with van der Waals surface area (Å²) in [5.74, 6) is -5.00. The number of nitrogens with zero attached hydrogens (tertiary/aromatic N) is 5. The van der Waals surface area contributed by atoms with Gasteiger partial charge in [0.2, 0.25) is 5.95 Å². The summed E-state index contributed by atoms with van der Waals surface area (Å²) in [7, 11) is 1.50. The first-order valence-electron chi connectivity index (χ1n) is 11.4. The van der Waals surface area contributed by atoms with Crippen molar-refractivity contribution >= 4 is 17.0 Å². The van der Waals surface area contributed by atoms with Gasteiger partial charge in [0.1, 0.15) is 5.69 Å². The number of aryl methyl sites for hydroxylation is 2. The van der Waals surface area contributed by atoms with Gasteiger partial charge in [0.15, 0.2) is 23.0 Å². The Hall–Kier alpha value is -3.80. The van der Waals surface area contributed by atoms with Gasteiger partial charge >= 0.3 is 6.18 Å². The minimum atomic E-state index is -5.15. The van der Waals surface area contributed by atoms with E-state index in [-0.39, 0.29) is 22.8 Å². The maximum Gasteiger partial charge on any atom is 0.419 e. The van der Waals surface area contributed by atoms with Gasteiger partial charge < -0.3 is 14.7 Å². The Kier molecular flexibility index (Phi) is 6.22. The van der Waals surface area contributed by atoms with Crippen molar-refractivity contribution in [1.29, 1.82) is 0 Å². The molecule has 1 fully saturated rings. The van der Waals surface area contributed by atoms with Crippen molar-refractivity contribution < 1.29 is 31.8 Å². The number of halogens is 5. The van der Waals surface area contributed by atoms with Crippen LogP contribution in [0, 0.1) is 18.6 Å². The van der Waals surface area contributed by atoms with Gasteiger partial charge in [-0.15, -0.1) is 0 Å². The van der Waals surface area contributed by atoms with Crippen LogP contribution in [0.5, 0.6) is 5.75 Å². The zero-order valence-electron chi connectivity index (χ0n) is 19.9. The summed E-state index contributed by atoms with van der Waals surface area (Å²) in [6, 6.07) is 8.37. The van der Waals surface area contributed by atoms with Crippen LogP contribution in [0.15, 0.2) is 36.5 Å². The first-order valence-corrected chi connectivity index (χ1v) is 11.4. The molecule has 4 aromatic rings. The lowest BCUT2D eigenvalue weighted by Crippen LogP contribution is -2.47. The predicted molar refractivity (Wildman–Crippen MR) is 125 cm³/mol. The van der Waals surface area contributed by atoms with E-state index in [1.807, 2.05) is 36.1 Å². The highest BCUT2D eigenvalue weighted by Crippen LogP contribution is 2.41. The quantitative estimate of drug-likeness (QED) is 0.391. The first kappa shape index (κ1) is 24.9. The largest absolute Gasteiger partial charge is 0.503 e. The molecule has 7 nitrogen and oxygen atoms in total. The third-order valence-corrected chi connectivity index (χ3v) is 6.38. The average molecular weight is 519 g/mol. The number of hydrogen-bond acceptors (Lipinski definition) is 6. The number of aromatic nitrogens is 4. The molecule has 194 valence electrons. The summed E-state index contributed by atoms with van der Waals surface area (Å²) >= 11 is 0. The maximum absolute atomic E-state index is 14.7. The number of benzene rings is 2. The van der Waals surface area contributed by atoms with E-state index >= 15 is 0 Å². The Labute approximate surface area is 208 Å². The van der Waals surface area contributed by atoms with Crippen LogP contribution in [-0.4, -0.2) is 50.7 Å². The second-order valence-electron chi connectivity index (χ2n) is 8.94. The summed E-state index contributed by atoms with van der Waals surface area (Å²) in [6.45, 7) is 3.44. The molecule has 1 saturated heterocycles. The van der Waals surface area contributed by atoms with Crippen LogP contribution >= 0.6 is 0 Å². The van der Waals surface area contributed by atoms with Crippen molar-refractivity contribution in [2.75, 3.05) is 24.7 Å². The molecule has 0 unspecified atom stereocenters. The van der Waals surface area contributed by atoms with Gasteiger partial charge in [0.25, 0.3) is 0 Å². The summed E-state index contributed by atoms with van der Waals surface area (Å²) < 4.78 is 75.6. The smallest absolute Gasteiger partial charge is 0.419 e. The molecule has 0 aliphatic carbocycles. The van der Waals surface area contributed by atoms with Gasteiger partial charge in [-0.25, -0.2) is 18.4 Å². The van der Waals surface area contributed by atoms with E-state index in [2.05, 4.69) is 15.1 Å². The van der Waals surface area contributed by atoms with E-state index in [1.165, 1.54) is 17.9 Å². The average Bonchev–Trinajstić information content (AvgIpc) is 3.19. The fourth-order valence-corrected chi connectivity index (χ4v) is 4.45. The van der Waals surface area contributed by atoms with Gasteiger partial charge in [-0.3, -0.25) is 0 Å². The lowest BCUT2D eigenvalue weighted by molar-refractivity contribution is -0.140. The van der Waals surface area contributed by atoms with Gasteiger partial charge in [-0.1, -0.05) is 29.8 Å². The van der Waals surface area contributed by atoms with Crippen LogP contribution in [0.3, 0.4) is 0 Å². The molecule has 3 heterocycles. The highest BCUT2D eigenvalue weighted by molar-refractivity contribution is 5.91.